The molecule has 3 heterocycles. The Balaban J connectivity index is 0.000000338. The van der Waals surface area contributed by atoms with Crippen molar-refractivity contribution in [2.24, 2.45) is 11.7 Å². The van der Waals surface area contributed by atoms with Crippen LogP contribution in [0.4, 0.5) is 28.9 Å². The van der Waals surface area contributed by atoms with Crippen LogP contribution < -0.4 is 16.4 Å². The number of aromatic nitrogens is 3. The summed E-state index contributed by atoms with van der Waals surface area (Å²) in [4.78, 5) is 33.6. The van der Waals surface area contributed by atoms with Gasteiger partial charge in [-0.1, -0.05) is 0 Å². The smallest absolute Gasteiger partial charge is 0.381 e. The van der Waals surface area contributed by atoms with Crippen LogP contribution in [-0.2, 0) is 22.3 Å². The molecule has 2 aromatic heterocycles. The van der Waals surface area contributed by atoms with E-state index < -0.39 is 23.5 Å². The third kappa shape index (κ3) is 7.70. The molecule has 1 aliphatic heterocycles. The van der Waals surface area contributed by atoms with Crippen molar-refractivity contribution in [1.29, 1.82) is 0 Å². The molecule has 0 radical (unpaired) electrons. The summed E-state index contributed by atoms with van der Waals surface area (Å²) in [6, 6.07) is 5.53. The number of pyridine rings is 1. The van der Waals surface area contributed by atoms with Gasteiger partial charge in [-0.15, -0.1) is 0 Å². The second-order valence-electron chi connectivity index (χ2n) is 7.62. The van der Waals surface area contributed by atoms with Crippen molar-refractivity contribution in [3.05, 3.63) is 77.9 Å². The summed E-state index contributed by atoms with van der Waals surface area (Å²) in [6.45, 7) is 1.18. The molecule has 1 aromatic carbocycles. The van der Waals surface area contributed by atoms with Crippen LogP contribution in [0.2, 0.25) is 0 Å². The zero-order chi connectivity index (χ0) is 26.1. The van der Waals surface area contributed by atoms with Gasteiger partial charge in [-0.3, -0.25) is 14.6 Å². The zero-order valence-corrected chi connectivity index (χ0v) is 18.8. The van der Waals surface area contributed by atoms with Crippen LogP contribution in [0.3, 0.4) is 0 Å². The number of nitrogens with zero attached hydrogens (tertiary/aromatic N) is 3. The average Bonchev–Trinajstić information content (AvgIpc) is 3.40. The minimum Gasteiger partial charge on any atom is -0.381 e. The molecular formula is C23H22F4N6O3. The predicted molar refractivity (Wildman–Crippen MR) is 120 cm³/mol. The summed E-state index contributed by atoms with van der Waals surface area (Å²) in [5.41, 5.74) is 4.73. The topological polar surface area (TPSA) is 132 Å². The molecule has 3 aromatic rings. The first kappa shape index (κ1) is 26.5. The fourth-order valence-electron chi connectivity index (χ4n) is 3.11. The number of carbonyl (C=O) groups is 2. The van der Waals surface area contributed by atoms with Crippen molar-refractivity contribution >= 4 is 23.2 Å². The number of halogens is 4. The highest BCUT2D eigenvalue weighted by Crippen LogP contribution is 2.36. The van der Waals surface area contributed by atoms with E-state index >= 15 is 0 Å². The Morgan fingerprint density at radius 1 is 1.11 bits per heavy atom. The number of alkyl halides is 3. The van der Waals surface area contributed by atoms with E-state index in [9.17, 15) is 27.2 Å². The summed E-state index contributed by atoms with van der Waals surface area (Å²) in [7, 11) is 0. The highest BCUT2D eigenvalue weighted by atomic mass is 19.4. The molecule has 2 amide bonds. The molecule has 0 spiro atoms. The van der Waals surface area contributed by atoms with Crippen LogP contribution in [0.5, 0.6) is 0 Å². The van der Waals surface area contributed by atoms with Crippen LogP contribution >= 0.6 is 0 Å². The van der Waals surface area contributed by atoms with Gasteiger partial charge < -0.3 is 21.1 Å². The van der Waals surface area contributed by atoms with E-state index in [-0.39, 0.29) is 24.1 Å². The molecule has 0 saturated carbocycles. The molecule has 4 N–H and O–H groups in total. The molecule has 13 heteroatoms. The Morgan fingerprint density at radius 2 is 1.86 bits per heavy atom. The van der Waals surface area contributed by atoms with Crippen LogP contribution in [-0.4, -0.2) is 40.0 Å². The van der Waals surface area contributed by atoms with Crippen molar-refractivity contribution in [2.45, 2.75) is 19.1 Å². The largest absolute Gasteiger partial charge is 0.418 e. The van der Waals surface area contributed by atoms with E-state index in [1.807, 2.05) is 0 Å². The Morgan fingerprint density at radius 3 is 2.42 bits per heavy atom. The number of carbonyl (C=O) groups excluding carboxylic acids is 2. The fourth-order valence-corrected chi connectivity index (χ4v) is 3.11. The molecule has 1 atom stereocenters. The van der Waals surface area contributed by atoms with Gasteiger partial charge in [-0.25, -0.2) is 14.4 Å². The highest BCUT2D eigenvalue weighted by Gasteiger charge is 2.34. The number of hydrogen-bond donors (Lipinski definition) is 3. The Hall–Kier alpha value is -4.13. The quantitative estimate of drug-likeness (QED) is 0.438. The van der Waals surface area contributed by atoms with E-state index in [0.717, 1.165) is 12.1 Å². The molecule has 9 nitrogen and oxygen atoms in total. The molecule has 1 saturated heterocycles. The third-order valence-electron chi connectivity index (χ3n) is 4.98. The normalized spacial score (nSPS) is 14.9. The highest BCUT2D eigenvalue weighted by molar-refractivity contribution is 5.91. The van der Waals surface area contributed by atoms with Gasteiger partial charge in [0.05, 0.1) is 53.5 Å². The van der Waals surface area contributed by atoms with E-state index in [0.29, 0.717) is 42.6 Å². The molecule has 0 bridgehead atoms. The van der Waals surface area contributed by atoms with Gasteiger partial charge in [-0.2, -0.15) is 13.2 Å². The van der Waals surface area contributed by atoms with Gasteiger partial charge in [-0.05, 0) is 36.8 Å². The number of nitrogens with one attached hydrogen (secondary N) is 2. The third-order valence-corrected chi connectivity index (χ3v) is 4.98. The molecule has 0 unspecified atom stereocenters. The Bertz CT molecular complexity index is 1170. The summed E-state index contributed by atoms with van der Waals surface area (Å²) < 4.78 is 57.4. The molecule has 190 valence electrons. The first-order valence-corrected chi connectivity index (χ1v) is 10.6. The van der Waals surface area contributed by atoms with E-state index in [1.54, 1.807) is 6.07 Å². The van der Waals surface area contributed by atoms with Crippen molar-refractivity contribution < 1.29 is 31.9 Å². The van der Waals surface area contributed by atoms with Gasteiger partial charge in [0.1, 0.15) is 12.1 Å². The number of hydrogen-bond acceptors (Lipinski definition) is 7. The summed E-state index contributed by atoms with van der Waals surface area (Å²) in [5.74, 6) is -1.75. The molecule has 36 heavy (non-hydrogen) atoms. The summed E-state index contributed by atoms with van der Waals surface area (Å²) in [5, 5.41) is 5.34. The van der Waals surface area contributed by atoms with Crippen LogP contribution in [0, 0.1) is 11.7 Å². The number of rotatable bonds is 6. The van der Waals surface area contributed by atoms with E-state index in [4.69, 9.17) is 10.5 Å². The number of ether oxygens (including phenoxy) is 1. The summed E-state index contributed by atoms with van der Waals surface area (Å²) in [6.07, 6.45) is 1.42. The molecule has 1 fully saturated rings. The number of primary amides is 1. The van der Waals surface area contributed by atoms with Crippen LogP contribution in [0.1, 0.15) is 28.0 Å². The first-order valence-electron chi connectivity index (χ1n) is 10.6. The zero-order valence-electron chi connectivity index (χ0n) is 18.8. The van der Waals surface area contributed by atoms with Gasteiger partial charge >= 0.3 is 6.18 Å². The average molecular weight is 506 g/mol. The number of amides is 2. The van der Waals surface area contributed by atoms with Crippen LogP contribution in [0.15, 0.2) is 55.2 Å². The van der Waals surface area contributed by atoms with Crippen LogP contribution in [0.25, 0.3) is 0 Å². The standard InChI is InChI=1S/C18H17F4N3O2.C5H5N3O/c19-12-1-4-16(15(7-12)18(20,21)22)25-14-3-2-13(23-9-14)8-24-17(26)11-5-6-27-10-11;6-5(9)4-1-7-3-8-2-4/h1-4,7,9,11,25H,5-6,8,10H2,(H,24,26);1-3H,(H2,6,9)/t11-;/m1./s1. The van der Waals surface area contributed by atoms with Gasteiger partial charge in [0, 0.05) is 19.0 Å². The number of nitrogens with two attached hydrogens (primary N) is 1. The van der Waals surface area contributed by atoms with E-state index in [2.05, 4.69) is 25.6 Å². The lowest BCUT2D eigenvalue weighted by Gasteiger charge is -2.15. The Kier molecular flexibility index (Phi) is 8.84. The second-order valence-corrected chi connectivity index (χ2v) is 7.62. The minimum absolute atomic E-state index is 0.113. The van der Waals surface area contributed by atoms with Gasteiger partial charge in [0.25, 0.3) is 5.91 Å². The maximum Gasteiger partial charge on any atom is 0.418 e. The van der Waals surface area contributed by atoms with E-state index in [1.165, 1.54) is 31.0 Å². The van der Waals surface area contributed by atoms with Gasteiger partial charge in [0.15, 0.2) is 0 Å². The number of anilines is 2. The lowest BCUT2D eigenvalue weighted by Crippen LogP contribution is -2.30. The predicted octanol–water partition coefficient (Wildman–Crippen LogP) is 3.21. The molecule has 1 aliphatic rings. The maximum absolute atomic E-state index is 13.1. The van der Waals surface area contributed by atoms with Crippen molar-refractivity contribution in [3.63, 3.8) is 0 Å². The monoisotopic (exact) mass is 506 g/mol. The Labute approximate surface area is 203 Å². The molecular weight excluding hydrogens is 484 g/mol. The first-order chi connectivity index (χ1) is 17.1. The molecule has 0 aliphatic carbocycles. The van der Waals surface area contributed by atoms with Gasteiger partial charge in [0.2, 0.25) is 5.91 Å². The fraction of sp³-hybridized carbons (Fsp3) is 0.261. The summed E-state index contributed by atoms with van der Waals surface area (Å²) >= 11 is 0. The SMILES string of the molecule is NC(=O)c1cncnc1.O=C(NCc1ccc(Nc2ccc(F)cc2C(F)(F)F)cn1)[C@@H]1CCOC1. The van der Waals surface area contributed by atoms with Crippen molar-refractivity contribution in [2.75, 3.05) is 18.5 Å². The lowest BCUT2D eigenvalue weighted by molar-refractivity contribution is -0.137. The second kappa shape index (κ2) is 12.0. The molecule has 4 rings (SSSR count). The number of benzene rings is 1. The minimum atomic E-state index is -4.69. The van der Waals surface area contributed by atoms with Crippen molar-refractivity contribution in [1.82, 2.24) is 20.3 Å². The lowest BCUT2D eigenvalue weighted by atomic mass is 10.1. The maximum atomic E-state index is 13.1. The van der Waals surface area contributed by atoms with Crippen molar-refractivity contribution in [3.8, 4) is 0 Å².